The highest BCUT2D eigenvalue weighted by molar-refractivity contribution is 5.98. The van der Waals surface area contributed by atoms with Gasteiger partial charge in [-0.2, -0.15) is 0 Å². The molecule has 0 saturated carbocycles. The van der Waals surface area contributed by atoms with Crippen molar-refractivity contribution in [3.05, 3.63) is 29.3 Å². The maximum absolute atomic E-state index is 11.8. The van der Waals surface area contributed by atoms with Crippen LogP contribution >= 0.6 is 0 Å². The topological polar surface area (TPSA) is 26.3 Å². The van der Waals surface area contributed by atoms with Crippen LogP contribution in [0.4, 0.5) is 0 Å². The number of hydrogen-bond acceptors (Lipinski definition) is 2. The molecule has 1 rings (SSSR count). The fraction of sp³-hybridized carbons (Fsp3) is 0.462. The molecule has 0 aliphatic rings. The lowest BCUT2D eigenvalue weighted by atomic mass is 10.0. The standard InChI is InChI=1S/C13H18O2/c1-4-6-12(14)11-9-10(5-2)7-8-13(11)15-3/h7-9H,4-6H2,1-3H3. The van der Waals surface area contributed by atoms with E-state index in [2.05, 4.69) is 6.92 Å². The Morgan fingerprint density at radius 1 is 1.33 bits per heavy atom. The molecule has 2 heteroatoms. The number of aryl methyl sites for hydroxylation is 1. The number of ether oxygens (including phenoxy) is 1. The van der Waals surface area contributed by atoms with Gasteiger partial charge in [0.25, 0.3) is 0 Å². The fourth-order valence-electron chi connectivity index (χ4n) is 1.55. The van der Waals surface area contributed by atoms with Crippen LogP contribution < -0.4 is 4.74 Å². The van der Waals surface area contributed by atoms with Gasteiger partial charge in [-0.3, -0.25) is 4.79 Å². The lowest BCUT2D eigenvalue weighted by molar-refractivity contribution is 0.0978. The third-order valence-electron chi connectivity index (χ3n) is 2.45. The van der Waals surface area contributed by atoms with E-state index in [-0.39, 0.29) is 5.78 Å². The second-order valence-corrected chi connectivity index (χ2v) is 3.56. The van der Waals surface area contributed by atoms with Gasteiger partial charge in [0.05, 0.1) is 12.7 Å². The summed E-state index contributed by atoms with van der Waals surface area (Å²) < 4.78 is 5.19. The quantitative estimate of drug-likeness (QED) is 0.691. The predicted octanol–water partition coefficient (Wildman–Crippen LogP) is 3.24. The zero-order valence-electron chi connectivity index (χ0n) is 9.67. The molecule has 0 aromatic heterocycles. The van der Waals surface area contributed by atoms with Crippen molar-refractivity contribution in [1.29, 1.82) is 0 Å². The van der Waals surface area contributed by atoms with Crippen LogP contribution in [0.15, 0.2) is 18.2 Å². The van der Waals surface area contributed by atoms with E-state index in [1.54, 1.807) is 7.11 Å². The number of ketones is 1. The van der Waals surface area contributed by atoms with Gasteiger partial charge in [0.2, 0.25) is 0 Å². The molecular weight excluding hydrogens is 188 g/mol. The Kier molecular flexibility index (Phi) is 4.35. The molecule has 0 unspecified atom stereocenters. The Labute approximate surface area is 91.3 Å². The maximum Gasteiger partial charge on any atom is 0.166 e. The average molecular weight is 206 g/mol. The molecule has 0 fully saturated rings. The number of rotatable bonds is 5. The zero-order valence-corrected chi connectivity index (χ0v) is 9.67. The minimum Gasteiger partial charge on any atom is -0.496 e. The van der Waals surface area contributed by atoms with E-state index in [1.165, 1.54) is 5.56 Å². The van der Waals surface area contributed by atoms with Crippen LogP contribution in [-0.2, 0) is 6.42 Å². The first-order valence-electron chi connectivity index (χ1n) is 5.43. The Hall–Kier alpha value is -1.31. The van der Waals surface area contributed by atoms with Gasteiger partial charge in [-0.25, -0.2) is 0 Å². The van der Waals surface area contributed by atoms with Crippen LogP contribution in [-0.4, -0.2) is 12.9 Å². The summed E-state index contributed by atoms with van der Waals surface area (Å²) in [7, 11) is 1.60. The number of Topliss-reactive ketones (excluding diaryl/α,β-unsaturated/α-hetero) is 1. The third-order valence-corrected chi connectivity index (χ3v) is 2.45. The maximum atomic E-state index is 11.8. The minimum absolute atomic E-state index is 0.171. The van der Waals surface area contributed by atoms with Crippen LogP contribution in [0.1, 0.15) is 42.6 Å². The number of benzene rings is 1. The lowest BCUT2D eigenvalue weighted by Crippen LogP contribution is -2.02. The SMILES string of the molecule is CCCC(=O)c1cc(CC)ccc1OC. The number of carbonyl (C=O) groups is 1. The van der Waals surface area contributed by atoms with Gasteiger partial charge in [0.15, 0.2) is 5.78 Å². The Bertz CT molecular complexity index is 342. The molecule has 0 bridgehead atoms. The predicted molar refractivity (Wildman–Crippen MR) is 61.6 cm³/mol. The van der Waals surface area contributed by atoms with Crippen LogP contribution in [0, 0.1) is 0 Å². The summed E-state index contributed by atoms with van der Waals surface area (Å²) in [6, 6.07) is 5.82. The largest absolute Gasteiger partial charge is 0.496 e. The van der Waals surface area contributed by atoms with Gasteiger partial charge >= 0.3 is 0 Å². The second-order valence-electron chi connectivity index (χ2n) is 3.56. The summed E-state index contributed by atoms with van der Waals surface area (Å²) in [4.78, 5) is 11.8. The van der Waals surface area contributed by atoms with Crippen LogP contribution in [0.5, 0.6) is 5.75 Å². The van der Waals surface area contributed by atoms with Gasteiger partial charge in [-0.05, 0) is 30.5 Å². The molecule has 0 aliphatic heterocycles. The highest BCUT2D eigenvalue weighted by Crippen LogP contribution is 2.22. The van der Waals surface area contributed by atoms with Gasteiger partial charge < -0.3 is 4.74 Å². The van der Waals surface area contributed by atoms with E-state index in [0.717, 1.165) is 18.4 Å². The molecule has 1 aromatic rings. The minimum atomic E-state index is 0.171. The highest BCUT2D eigenvalue weighted by atomic mass is 16.5. The van der Waals surface area contributed by atoms with E-state index in [1.807, 2.05) is 25.1 Å². The molecule has 0 atom stereocenters. The van der Waals surface area contributed by atoms with Crippen molar-refractivity contribution in [2.45, 2.75) is 33.1 Å². The second kappa shape index (κ2) is 5.54. The first-order valence-corrected chi connectivity index (χ1v) is 5.43. The van der Waals surface area contributed by atoms with Crippen molar-refractivity contribution in [2.24, 2.45) is 0 Å². The van der Waals surface area contributed by atoms with Gasteiger partial charge in [0.1, 0.15) is 5.75 Å². The molecule has 0 heterocycles. The molecule has 0 radical (unpaired) electrons. The number of carbonyl (C=O) groups excluding carboxylic acids is 1. The molecule has 1 aromatic carbocycles. The fourth-order valence-corrected chi connectivity index (χ4v) is 1.55. The lowest BCUT2D eigenvalue weighted by Gasteiger charge is -2.08. The van der Waals surface area contributed by atoms with Crippen molar-refractivity contribution < 1.29 is 9.53 Å². The van der Waals surface area contributed by atoms with E-state index < -0.39 is 0 Å². The normalized spacial score (nSPS) is 10.1. The monoisotopic (exact) mass is 206 g/mol. The van der Waals surface area contributed by atoms with E-state index in [9.17, 15) is 4.79 Å². The van der Waals surface area contributed by atoms with E-state index in [4.69, 9.17) is 4.74 Å². The molecule has 0 saturated heterocycles. The highest BCUT2D eigenvalue weighted by Gasteiger charge is 2.11. The van der Waals surface area contributed by atoms with Crippen LogP contribution in [0.3, 0.4) is 0 Å². The molecule has 0 spiro atoms. The van der Waals surface area contributed by atoms with Crippen molar-refractivity contribution in [3.63, 3.8) is 0 Å². The summed E-state index contributed by atoms with van der Waals surface area (Å²) in [6.07, 6.45) is 2.40. The molecular formula is C13H18O2. The number of methoxy groups -OCH3 is 1. The zero-order chi connectivity index (χ0) is 11.3. The summed E-state index contributed by atoms with van der Waals surface area (Å²) in [6.45, 7) is 4.09. The molecule has 82 valence electrons. The average Bonchev–Trinajstić information content (AvgIpc) is 2.28. The Morgan fingerprint density at radius 3 is 2.60 bits per heavy atom. The van der Waals surface area contributed by atoms with E-state index >= 15 is 0 Å². The Balaban J connectivity index is 3.05. The van der Waals surface area contributed by atoms with Gasteiger partial charge in [0, 0.05) is 6.42 Å². The van der Waals surface area contributed by atoms with Crippen molar-refractivity contribution in [2.75, 3.05) is 7.11 Å². The van der Waals surface area contributed by atoms with Crippen molar-refractivity contribution in [1.82, 2.24) is 0 Å². The van der Waals surface area contributed by atoms with Crippen molar-refractivity contribution in [3.8, 4) is 5.75 Å². The summed E-state index contributed by atoms with van der Waals surface area (Å²) in [5.41, 5.74) is 1.90. The molecule has 0 aliphatic carbocycles. The molecule has 15 heavy (non-hydrogen) atoms. The Morgan fingerprint density at radius 2 is 2.07 bits per heavy atom. The summed E-state index contributed by atoms with van der Waals surface area (Å²) >= 11 is 0. The van der Waals surface area contributed by atoms with Gasteiger partial charge in [-0.1, -0.05) is 19.9 Å². The summed E-state index contributed by atoms with van der Waals surface area (Å²) in [5, 5.41) is 0. The first-order chi connectivity index (χ1) is 7.22. The molecule has 0 N–H and O–H groups in total. The van der Waals surface area contributed by atoms with Crippen molar-refractivity contribution >= 4 is 5.78 Å². The molecule has 0 amide bonds. The number of hydrogen-bond donors (Lipinski definition) is 0. The first kappa shape index (κ1) is 11.8. The van der Waals surface area contributed by atoms with E-state index in [0.29, 0.717) is 12.2 Å². The molecule has 2 nitrogen and oxygen atoms in total. The summed E-state index contributed by atoms with van der Waals surface area (Å²) in [5.74, 6) is 0.857. The van der Waals surface area contributed by atoms with Crippen LogP contribution in [0.2, 0.25) is 0 Å². The van der Waals surface area contributed by atoms with Gasteiger partial charge in [-0.15, -0.1) is 0 Å². The van der Waals surface area contributed by atoms with Crippen LogP contribution in [0.25, 0.3) is 0 Å². The smallest absolute Gasteiger partial charge is 0.166 e. The third kappa shape index (κ3) is 2.82.